The molecular weight excluding hydrogens is 412 g/mol. The molecule has 2 amide bonds. The Morgan fingerprint density at radius 2 is 1.82 bits per heavy atom. The second-order valence-corrected chi connectivity index (χ2v) is 8.48. The van der Waals surface area contributed by atoms with Crippen molar-refractivity contribution in [1.82, 2.24) is 9.80 Å². The summed E-state index contributed by atoms with van der Waals surface area (Å²) in [5, 5.41) is 12.5. The smallest absolute Gasteiger partial charge is 0.267 e. The first kappa shape index (κ1) is 22.3. The summed E-state index contributed by atoms with van der Waals surface area (Å²) >= 11 is 0. The van der Waals surface area contributed by atoms with Crippen molar-refractivity contribution in [2.45, 2.75) is 26.4 Å². The molecule has 0 spiro atoms. The van der Waals surface area contributed by atoms with E-state index >= 15 is 0 Å². The highest BCUT2D eigenvalue weighted by molar-refractivity contribution is 6.04. The van der Waals surface area contributed by atoms with E-state index in [-0.39, 0.29) is 18.4 Å². The van der Waals surface area contributed by atoms with Gasteiger partial charge in [0.15, 0.2) is 6.19 Å². The van der Waals surface area contributed by atoms with Crippen LogP contribution in [-0.4, -0.2) is 35.2 Å². The number of rotatable bonds is 5. The van der Waals surface area contributed by atoms with Crippen LogP contribution in [0.15, 0.2) is 66.7 Å². The lowest BCUT2D eigenvalue weighted by Gasteiger charge is -2.25. The quantitative estimate of drug-likeness (QED) is 0.474. The van der Waals surface area contributed by atoms with Gasteiger partial charge >= 0.3 is 0 Å². The van der Waals surface area contributed by atoms with Crippen LogP contribution < -0.4 is 5.32 Å². The van der Waals surface area contributed by atoms with E-state index < -0.39 is 0 Å². The van der Waals surface area contributed by atoms with E-state index in [2.05, 4.69) is 23.3 Å². The maximum absolute atomic E-state index is 12.9. The summed E-state index contributed by atoms with van der Waals surface area (Å²) in [5.74, 6) is -0.597. The van der Waals surface area contributed by atoms with E-state index in [1.807, 2.05) is 37.4 Å². The molecule has 1 N–H and O–H groups in total. The monoisotopic (exact) mass is 438 g/mol. The molecule has 166 valence electrons. The van der Waals surface area contributed by atoms with Crippen LogP contribution in [0.3, 0.4) is 0 Å². The predicted molar refractivity (Wildman–Crippen MR) is 128 cm³/mol. The van der Waals surface area contributed by atoms with Crippen LogP contribution in [0.2, 0.25) is 0 Å². The first-order valence-electron chi connectivity index (χ1n) is 10.9. The Morgan fingerprint density at radius 3 is 2.58 bits per heavy atom. The number of nitrogens with zero attached hydrogens (tertiary/aromatic N) is 3. The van der Waals surface area contributed by atoms with E-state index in [0.717, 1.165) is 35.7 Å². The first-order chi connectivity index (χ1) is 15.9. The summed E-state index contributed by atoms with van der Waals surface area (Å²) < 4.78 is 0. The van der Waals surface area contributed by atoms with Gasteiger partial charge in [0.1, 0.15) is 0 Å². The van der Waals surface area contributed by atoms with Crippen molar-refractivity contribution in [2.24, 2.45) is 0 Å². The average Bonchev–Trinajstić information content (AvgIpc) is 2.82. The van der Waals surface area contributed by atoms with Gasteiger partial charge in [-0.05, 0) is 73.5 Å². The number of carbonyl (C=O) groups excluding carboxylic acids is 2. The summed E-state index contributed by atoms with van der Waals surface area (Å²) in [6.07, 6.45) is 2.98. The Bertz CT molecular complexity index is 1230. The Hall–Kier alpha value is -3.95. The molecule has 0 bridgehead atoms. The first-order valence-corrected chi connectivity index (χ1v) is 10.9. The molecule has 0 aliphatic carbocycles. The Labute approximate surface area is 194 Å². The number of hydrogen-bond acceptors (Lipinski definition) is 4. The molecule has 0 fully saturated rings. The van der Waals surface area contributed by atoms with Gasteiger partial charge in [0.25, 0.3) is 11.8 Å². The normalized spacial score (nSPS) is 13.0. The molecule has 0 atom stereocenters. The lowest BCUT2D eigenvalue weighted by Crippen LogP contribution is -2.26. The second-order valence-electron chi connectivity index (χ2n) is 8.48. The molecule has 0 unspecified atom stereocenters. The zero-order chi connectivity index (χ0) is 23.4. The Balaban J connectivity index is 1.46. The van der Waals surface area contributed by atoms with E-state index in [9.17, 15) is 14.9 Å². The number of anilines is 1. The minimum atomic E-state index is -0.369. The molecule has 0 radical (unpaired) electrons. The SMILES string of the molecule is Cc1ccc(C(=O)N(C#N)Cc2cccc(C(=O)Nc3ccc4c(c3)CN(C)CC4)c2)cc1. The third kappa shape index (κ3) is 5.28. The molecule has 3 aromatic carbocycles. The largest absolute Gasteiger partial charge is 0.322 e. The lowest BCUT2D eigenvalue weighted by atomic mass is 9.99. The van der Waals surface area contributed by atoms with Gasteiger partial charge in [-0.3, -0.25) is 9.59 Å². The molecular formula is C27H26N4O2. The maximum Gasteiger partial charge on any atom is 0.267 e. The third-order valence-electron chi connectivity index (χ3n) is 5.86. The van der Waals surface area contributed by atoms with Gasteiger partial charge in [-0.2, -0.15) is 5.26 Å². The van der Waals surface area contributed by atoms with Crippen molar-refractivity contribution < 1.29 is 9.59 Å². The molecule has 6 heteroatoms. The molecule has 4 rings (SSSR count). The fraction of sp³-hybridized carbons (Fsp3) is 0.222. The molecule has 0 aromatic heterocycles. The lowest BCUT2D eigenvalue weighted by molar-refractivity contribution is 0.0824. The van der Waals surface area contributed by atoms with Crippen LogP contribution in [0.4, 0.5) is 5.69 Å². The van der Waals surface area contributed by atoms with Crippen molar-refractivity contribution in [3.05, 3.63) is 100 Å². The number of nitriles is 1. The fourth-order valence-corrected chi connectivity index (χ4v) is 3.98. The molecule has 0 saturated heterocycles. The maximum atomic E-state index is 12.9. The Kier molecular flexibility index (Phi) is 6.53. The van der Waals surface area contributed by atoms with Crippen LogP contribution in [0, 0.1) is 18.4 Å². The Morgan fingerprint density at radius 1 is 1.03 bits per heavy atom. The van der Waals surface area contributed by atoms with Crippen molar-refractivity contribution in [2.75, 3.05) is 18.9 Å². The van der Waals surface area contributed by atoms with Crippen molar-refractivity contribution in [3.63, 3.8) is 0 Å². The molecule has 0 saturated carbocycles. The predicted octanol–water partition coefficient (Wildman–Crippen LogP) is 4.36. The molecule has 6 nitrogen and oxygen atoms in total. The van der Waals surface area contributed by atoms with Crippen molar-refractivity contribution in [1.29, 1.82) is 5.26 Å². The number of benzene rings is 3. The van der Waals surface area contributed by atoms with Crippen LogP contribution >= 0.6 is 0 Å². The highest BCUT2D eigenvalue weighted by Gasteiger charge is 2.17. The van der Waals surface area contributed by atoms with Crippen molar-refractivity contribution in [3.8, 4) is 6.19 Å². The number of nitrogens with one attached hydrogen (secondary N) is 1. The third-order valence-corrected chi connectivity index (χ3v) is 5.86. The molecule has 1 aliphatic rings. The van der Waals surface area contributed by atoms with Crippen molar-refractivity contribution >= 4 is 17.5 Å². The van der Waals surface area contributed by atoms with Crippen LogP contribution in [0.5, 0.6) is 0 Å². The zero-order valence-electron chi connectivity index (χ0n) is 18.8. The number of hydrogen-bond donors (Lipinski definition) is 1. The summed E-state index contributed by atoms with van der Waals surface area (Å²) in [5.41, 5.74) is 5.98. The van der Waals surface area contributed by atoms with Gasteiger partial charge in [0.05, 0.1) is 6.54 Å². The van der Waals surface area contributed by atoms with Crippen LogP contribution in [0.25, 0.3) is 0 Å². The van der Waals surface area contributed by atoms with Gasteiger partial charge in [0.2, 0.25) is 0 Å². The minimum absolute atomic E-state index is 0.0928. The number of carbonyl (C=O) groups is 2. The standard InChI is InChI=1S/C27H26N4O2/c1-19-6-8-22(9-7-19)27(33)31(18-28)16-20-4-3-5-23(14-20)26(32)29-25-11-10-21-12-13-30(2)17-24(21)15-25/h3-11,14-15H,12-13,16-17H2,1-2H3,(H,29,32). The number of likely N-dealkylation sites (N-methyl/N-ethyl adjacent to an activating group) is 1. The summed E-state index contributed by atoms with van der Waals surface area (Å²) in [4.78, 5) is 28.9. The molecule has 3 aromatic rings. The van der Waals surface area contributed by atoms with Gasteiger partial charge in [-0.25, -0.2) is 4.90 Å². The fourth-order valence-electron chi connectivity index (χ4n) is 3.98. The number of fused-ring (bicyclic) bond motifs is 1. The summed E-state index contributed by atoms with van der Waals surface area (Å²) in [6.45, 7) is 3.94. The molecule has 1 aliphatic heterocycles. The second kappa shape index (κ2) is 9.68. The van der Waals surface area contributed by atoms with E-state index in [4.69, 9.17) is 0 Å². The number of amides is 2. The molecule has 1 heterocycles. The van der Waals surface area contributed by atoms with Gasteiger partial charge in [0, 0.05) is 29.9 Å². The average molecular weight is 439 g/mol. The van der Waals surface area contributed by atoms with E-state index in [0.29, 0.717) is 16.7 Å². The van der Waals surface area contributed by atoms with Crippen LogP contribution in [0.1, 0.15) is 43.0 Å². The zero-order valence-corrected chi connectivity index (χ0v) is 18.8. The van der Waals surface area contributed by atoms with Crippen LogP contribution in [-0.2, 0) is 19.5 Å². The highest BCUT2D eigenvalue weighted by atomic mass is 16.2. The van der Waals surface area contributed by atoms with Gasteiger partial charge < -0.3 is 10.2 Å². The van der Waals surface area contributed by atoms with Gasteiger partial charge in [-0.1, -0.05) is 35.9 Å². The summed E-state index contributed by atoms with van der Waals surface area (Å²) in [6, 6.07) is 20.2. The number of aryl methyl sites for hydroxylation is 1. The van der Waals surface area contributed by atoms with Gasteiger partial charge in [-0.15, -0.1) is 0 Å². The summed E-state index contributed by atoms with van der Waals surface area (Å²) in [7, 11) is 2.09. The molecule has 33 heavy (non-hydrogen) atoms. The van der Waals surface area contributed by atoms with E-state index in [1.54, 1.807) is 36.4 Å². The highest BCUT2D eigenvalue weighted by Crippen LogP contribution is 2.22. The van der Waals surface area contributed by atoms with E-state index in [1.165, 1.54) is 11.1 Å². The topological polar surface area (TPSA) is 76.4 Å². The minimum Gasteiger partial charge on any atom is -0.322 e.